The van der Waals surface area contributed by atoms with E-state index in [-0.39, 0.29) is 11.9 Å². The van der Waals surface area contributed by atoms with Crippen molar-refractivity contribution in [3.63, 3.8) is 0 Å². The highest BCUT2D eigenvalue weighted by molar-refractivity contribution is 5.81. The van der Waals surface area contributed by atoms with Gasteiger partial charge >= 0.3 is 0 Å². The van der Waals surface area contributed by atoms with Crippen LogP contribution in [0.2, 0.25) is 0 Å². The van der Waals surface area contributed by atoms with Crippen LogP contribution in [0.3, 0.4) is 0 Å². The smallest absolute Gasteiger partial charge is 0.236 e. The van der Waals surface area contributed by atoms with Crippen LogP contribution in [0.5, 0.6) is 0 Å². The molecule has 0 spiro atoms. The van der Waals surface area contributed by atoms with E-state index in [1.807, 2.05) is 6.92 Å². The molecule has 3 heteroatoms. The first-order chi connectivity index (χ1) is 7.63. The van der Waals surface area contributed by atoms with Crippen LogP contribution in [-0.2, 0) is 4.79 Å². The maximum absolute atomic E-state index is 11.7. The molecule has 1 amide bonds. The highest BCUT2D eigenvalue weighted by Gasteiger charge is 2.22. The predicted molar refractivity (Wildman–Crippen MR) is 67.3 cm³/mol. The van der Waals surface area contributed by atoms with Crippen molar-refractivity contribution in [3.05, 3.63) is 0 Å². The van der Waals surface area contributed by atoms with E-state index in [1.165, 1.54) is 25.7 Å². The van der Waals surface area contributed by atoms with Gasteiger partial charge in [-0.05, 0) is 32.1 Å². The molecule has 3 unspecified atom stereocenters. The monoisotopic (exact) mass is 226 g/mol. The first-order valence-electron chi connectivity index (χ1n) is 6.67. The molecule has 0 aliphatic heterocycles. The SMILES string of the molecule is CCCNC(=O)C(C)NC1CCCC(C)C1. The van der Waals surface area contributed by atoms with Crippen LogP contribution in [0.4, 0.5) is 0 Å². The molecule has 0 heterocycles. The molecular formula is C13H26N2O. The fourth-order valence-electron chi connectivity index (χ4n) is 2.42. The molecule has 3 nitrogen and oxygen atoms in total. The molecule has 1 rings (SSSR count). The summed E-state index contributed by atoms with van der Waals surface area (Å²) in [5, 5.41) is 6.38. The van der Waals surface area contributed by atoms with Crippen molar-refractivity contribution in [1.82, 2.24) is 10.6 Å². The highest BCUT2D eigenvalue weighted by Crippen LogP contribution is 2.23. The quantitative estimate of drug-likeness (QED) is 0.753. The van der Waals surface area contributed by atoms with E-state index >= 15 is 0 Å². The van der Waals surface area contributed by atoms with Crippen molar-refractivity contribution in [2.24, 2.45) is 5.92 Å². The fourth-order valence-corrected chi connectivity index (χ4v) is 2.42. The van der Waals surface area contributed by atoms with Gasteiger partial charge in [-0.15, -0.1) is 0 Å². The number of amides is 1. The average Bonchev–Trinajstić information content (AvgIpc) is 2.25. The molecule has 0 saturated heterocycles. The molecule has 3 atom stereocenters. The molecule has 16 heavy (non-hydrogen) atoms. The number of nitrogens with one attached hydrogen (secondary N) is 2. The van der Waals surface area contributed by atoms with Gasteiger partial charge in [0.2, 0.25) is 5.91 Å². The Morgan fingerprint density at radius 2 is 2.19 bits per heavy atom. The van der Waals surface area contributed by atoms with Crippen LogP contribution < -0.4 is 10.6 Å². The molecular weight excluding hydrogens is 200 g/mol. The van der Waals surface area contributed by atoms with Crippen molar-refractivity contribution in [1.29, 1.82) is 0 Å². The van der Waals surface area contributed by atoms with E-state index in [2.05, 4.69) is 24.5 Å². The number of rotatable bonds is 5. The summed E-state index contributed by atoms with van der Waals surface area (Å²) in [7, 11) is 0. The minimum atomic E-state index is -0.0538. The first-order valence-corrected chi connectivity index (χ1v) is 6.67. The van der Waals surface area contributed by atoms with Crippen molar-refractivity contribution in [2.75, 3.05) is 6.54 Å². The maximum Gasteiger partial charge on any atom is 0.236 e. The van der Waals surface area contributed by atoms with Crippen LogP contribution in [-0.4, -0.2) is 24.5 Å². The highest BCUT2D eigenvalue weighted by atomic mass is 16.2. The Kier molecular flexibility index (Phi) is 5.81. The van der Waals surface area contributed by atoms with Gasteiger partial charge in [0, 0.05) is 12.6 Å². The Morgan fingerprint density at radius 1 is 1.44 bits per heavy atom. The zero-order valence-electron chi connectivity index (χ0n) is 10.9. The Bertz CT molecular complexity index is 218. The molecule has 1 saturated carbocycles. The third kappa shape index (κ3) is 4.52. The van der Waals surface area contributed by atoms with E-state index in [1.54, 1.807) is 0 Å². The first kappa shape index (κ1) is 13.5. The normalized spacial score (nSPS) is 27.4. The maximum atomic E-state index is 11.7. The molecule has 1 aliphatic carbocycles. The third-order valence-electron chi connectivity index (χ3n) is 3.36. The van der Waals surface area contributed by atoms with Crippen molar-refractivity contribution in [3.8, 4) is 0 Å². The van der Waals surface area contributed by atoms with Gasteiger partial charge in [-0.3, -0.25) is 4.79 Å². The van der Waals surface area contributed by atoms with Crippen molar-refractivity contribution in [2.45, 2.75) is 65.0 Å². The second-order valence-corrected chi connectivity index (χ2v) is 5.15. The van der Waals surface area contributed by atoms with Crippen LogP contribution in [0.15, 0.2) is 0 Å². The third-order valence-corrected chi connectivity index (χ3v) is 3.36. The van der Waals surface area contributed by atoms with E-state index in [0.29, 0.717) is 6.04 Å². The van der Waals surface area contributed by atoms with Gasteiger partial charge in [0.05, 0.1) is 6.04 Å². The second kappa shape index (κ2) is 6.89. The molecule has 0 aromatic carbocycles. The lowest BCUT2D eigenvalue weighted by Crippen LogP contribution is -2.47. The summed E-state index contributed by atoms with van der Waals surface area (Å²) in [4.78, 5) is 11.7. The van der Waals surface area contributed by atoms with E-state index in [4.69, 9.17) is 0 Å². The van der Waals surface area contributed by atoms with Gasteiger partial charge in [0.15, 0.2) is 0 Å². The topological polar surface area (TPSA) is 41.1 Å². The summed E-state index contributed by atoms with van der Waals surface area (Å²) in [6.45, 7) is 7.12. The lowest BCUT2D eigenvalue weighted by atomic mass is 9.87. The molecule has 0 aromatic heterocycles. The number of hydrogen-bond acceptors (Lipinski definition) is 2. The lowest BCUT2D eigenvalue weighted by Gasteiger charge is -2.29. The summed E-state index contributed by atoms with van der Waals surface area (Å²) in [5.41, 5.74) is 0. The standard InChI is InChI=1S/C13H26N2O/c1-4-8-14-13(16)11(3)15-12-7-5-6-10(2)9-12/h10-12,15H,4-9H2,1-3H3,(H,14,16). The van der Waals surface area contributed by atoms with Gasteiger partial charge in [0.25, 0.3) is 0 Å². The molecule has 1 fully saturated rings. The summed E-state index contributed by atoms with van der Waals surface area (Å²) in [6, 6.07) is 0.480. The summed E-state index contributed by atoms with van der Waals surface area (Å²) >= 11 is 0. The van der Waals surface area contributed by atoms with Gasteiger partial charge in [0.1, 0.15) is 0 Å². The molecule has 0 bridgehead atoms. The van der Waals surface area contributed by atoms with Gasteiger partial charge in [-0.1, -0.05) is 26.7 Å². The van der Waals surface area contributed by atoms with E-state index in [9.17, 15) is 4.79 Å². The largest absolute Gasteiger partial charge is 0.355 e. The van der Waals surface area contributed by atoms with Gasteiger partial charge in [-0.2, -0.15) is 0 Å². The predicted octanol–water partition coefficient (Wildman–Crippen LogP) is 2.07. The van der Waals surface area contributed by atoms with Crippen molar-refractivity contribution >= 4 is 5.91 Å². The summed E-state index contributed by atoms with van der Waals surface area (Å²) < 4.78 is 0. The average molecular weight is 226 g/mol. The Balaban J connectivity index is 2.26. The number of hydrogen-bond donors (Lipinski definition) is 2. The molecule has 0 aromatic rings. The number of carbonyl (C=O) groups excluding carboxylic acids is 1. The molecule has 1 aliphatic rings. The Morgan fingerprint density at radius 3 is 2.81 bits per heavy atom. The fraction of sp³-hybridized carbons (Fsp3) is 0.923. The van der Waals surface area contributed by atoms with Crippen LogP contribution in [0.25, 0.3) is 0 Å². The minimum absolute atomic E-state index is 0.0538. The summed E-state index contributed by atoms with van der Waals surface area (Å²) in [5.74, 6) is 0.942. The van der Waals surface area contributed by atoms with Crippen LogP contribution >= 0.6 is 0 Å². The van der Waals surface area contributed by atoms with Crippen LogP contribution in [0, 0.1) is 5.92 Å². The lowest BCUT2D eigenvalue weighted by molar-refractivity contribution is -0.123. The zero-order valence-corrected chi connectivity index (χ0v) is 10.9. The van der Waals surface area contributed by atoms with Crippen LogP contribution in [0.1, 0.15) is 52.9 Å². The van der Waals surface area contributed by atoms with Gasteiger partial charge in [-0.25, -0.2) is 0 Å². The number of carbonyl (C=O) groups is 1. The molecule has 0 radical (unpaired) electrons. The molecule has 94 valence electrons. The van der Waals surface area contributed by atoms with E-state index in [0.717, 1.165) is 18.9 Å². The Labute approximate surface area is 99.4 Å². The molecule has 2 N–H and O–H groups in total. The minimum Gasteiger partial charge on any atom is -0.355 e. The Hall–Kier alpha value is -0.570. The van der Waals surface area contributed by atoms with E-state index < -0.39 is 0 Å². The van der Waals surface area contributed by atoms with Crippen molar-refractivity contribution < 1.29 is 4.79 Å². The second-order valence-electron chi connectivity index (χ2n) is 5.15. The summed E-state index contributed by atoms with van der Waals surface area (Å²) in [6.07, 6.45) is 6.07. The van der Waals surface area contributed by atoms with Gasteiger partial charge < -0.3 is 10.6 Å². The zero-order chi connectivity index (χ0) is 12.0.